The Balaban J connectivity index is 2.87. The van der Waals surface area contributed by atoms with Crippen molar-refractivity contribution in [3.8, 4) is 11.4 Å². The van der Waals surface area contributed by atoms with Crippen LogP contribution in [0.1, 0.15) is 0 Å². The number of aromatic nitrogens is 2. The van der Waals surface area contributed by atoms with Crippen molar-refractivity contribution >= 4 is 0 Å². The van der Waals surface area contributed by atoms with Crippen LogP contribution in [0.25, 0.3) is 11.4 Å². The van der Waals surface area contributed by atoms with Crippen molar-refractivity contribution in [2.45, 2.75) is 0 Å². The highest BCUT2D eigenvalue weighted by molar-refractivity contribution is 5.55. The molecule has 0 fully saturated rings. The van der Waals surface area contributed by atoms with Crippen LogP contribution in [-0.2, 0) is 0 Å². The molecule has 4 nitrogen and oxygen atoms in total. The molecule has 2 aliphatic rings. The molecule has 0 aliphatic carbocycles. The molecule has 0 spiro atoms. The summed E-state index contributed by atoms with van der Waals surface area (Å²) in [6.45, 7) is 0. The Kier molecular flexibility index (Phi) is 1.33. The number of hydrogen-bond acceptors (Lipinski definition) is 3. The van der Waals surface area contributed by atoms with E-state index in [-0.39, 0.29) is 11.4 Å². The van der Waals surface area contributed by atoms with Crippen molar-refractivity contribution in [1.82, 2.24) is 9.71 Å². The quantitative estimate of drug-likeness (QED) is 0.576. The maximum absolute atomic E-state index is 10.8. The van der Waals surface area contributed by atoms with E-state index in [1.807, 2.05) is 0 Å². The van der Waals surface area contributed by atoms with Crippen LogP contribution >= 0.6 is 0 Å². The van der Waals surface area contributed by atoms with Crippen molar-refractivity contribution < 1.29 is 5.21 Å². The summed E-state index contributed by atoms with van der Waals surface area (Å²) < 4.78 is 0.830. The molecule has 0 saturated carbocycles. The summed E-state index contributed by atoms with van der Waals surface area (Å²) in [5.74, 6) is 0.282. The van der Waals surface area contributed by atoms with Gasteiger partial charge in [-0.1, -0.05) is 0 Å². The van der Waals surface area contributed by atoms with E-state index in [1.165, 1.54) is 12.3 Å². The van der Waals surface area contributed by atoms with Gasteiger partial charge in [-0.25, -0.2) is 0 Å². The SMILES string of the molecule is O=c1ccc2cccn(O)c-2n1. The minimum atomic E-state index is -0.350. The predicted octanol–water partition coefficient (Wildman–Crippen LogP) is 0.585. The van der Waals surface area contributed by atoms with Gasteiger partial charge in [0.1, 0.15) is 0 Å². The maximum Gasteiger partial charge on any atom is 0.271 e. The molecule has 0 aromatic rings. The van der Waals surface area contributed by atoms with E-state index in [0.29, 0.717) is 0 Å². The highest BCUT2D eigenvalue weighted by atomic mass is 16.5. The molecule has 0 atom stereocenters. The monoisotopic (exact) mass is 162 g/mol. The molecule has 0 saturated heterocycles. The Labute approximate surface area is 68.0 Å². The third-order valence-electron chi connectivity index (χ3n) is 1.60. The molecule has 0 aromatic heterocycles. The molecular formula is C8H6N2O2. The van der Waals surface area contributed by atoms with Crippen molar-refractivity contribution in [2.24, 2.45) is 0 Å². The number of pyridine rings is 2. The topological polar surface area (TPSA) is 55.1 Å². The first-order valence-electron chi connectivity index (χ1n) is 3.45. The van der Waals surface area contributed by atoms with Gasteiger partial charge in [0, 0.05) is 17.8 Å². The molecule has 2 rings (SSSR count). The number of hydrogen-bond donors (Lipinski definition) is 1. The van der Waals surface area contributed by atoms with Crippen LogP contribution in [0, 0.1) is 0 Å². The lowest BCUT2D eigenvalue weighted by Gasteiger charge is -2.05. The third-order valence-corrected chi connectivity index (χ3v) is 1.60. The zero-order chi connectivity index (χ0) is 8.55. The first-order valence-corrected chi connectivity index (χ1v) is 3.45. The lowest BCUT2D eigenvalue weighted by molar-refractivity contribution is 0.186. The molecule has 0 amide bonds. The fraction of sp³-hybridized carbons (Fsp3) is 0. The number of fused-ring (bicyclic) bond motifs is 1. The zero-order valence-corrected chi connectivity index (χ0v) is 6.14. The van der Waals surface area contributed by atoms with E-state index in [0.717, 1.165) is 10.3 Å². The minimum Gasteiger partial charge on any atom is -0.427 e. The summed E-state index contributed by atoms with van der Waals surface area (Å²) in [4.78, 5) is 14.4. The molecule has 0 bridgehead atoms. The maximum atomic E-state index is 10.8. The lowest BCUT2D eigenvalue weighted by Crippen LogP contribution is -2.10. The Morgan fingerprint density at radius 2 is 2.17 bits per heavy atom. The summed E-state index contributed by atoms with van der Waals surface area (Å²) in [7, 11) is 0. The molecule has 0 aromatic carbocycles. The van der Waals surface area contributed by atoms with Gasteiger partial charge in [0.2, 0.25) is 0 Å². The van der Waals surface area contributed by atoms with Crippen molar-refractivity contribution in [3.63, 3.8) is 0 Å². The van der Waals surface area contributed by atoms with Gasteiger partial charge < -0.3 is 5.21 Å². The van der Waals surface area contributed by atoms with Crippen molar-refractivity contribution in [3.05, 3.63) is 40.8 Å². The van der Waals surface area contributed by atoms with E-state index in [4.69, 9.17) is 0 Å². The van der Waals surface area contributed by atoms with Crippen LogP contribution in [0.2, 0.25) is 0 Å². The summed E-state index contributed by atoms with van der Waals surface area (Å²) >= 11 is 0. The van der Waals surface area contributed by atoms with Crippen LogP contribution in [0.4, 0.5) is 0 Å². The Bertz CT molecular complexity index is 436. The zero-order valence-electron chi connectivity index (χ0n) is 6.14. The van der Waals surface area contributed by atoms with Crippen LogP contribution < -0.4 is 5.56 Å². The second-order valence-corrected chi connectivity index (χ2v) is 2.42. The van der Waals surface area contributed by atoms with Crippen LogP contribution in [0.15, 0.2) is 35.3 Å². The molecular weight excluding hydrogens is 156 g/mol. The highest BCUT2D eigenvalue weighted by Gasteiger charge is 2.05. The Hall–Kier alpha value is -1.84. The van der Waals surface area contributed by atoms with Gasteiger partial charge in [-0.2, -0.15) is 9.71 Å². The number of rotatable bonds is 0. The predicted molar refractivity (Wildman–Crippen MR) is 42.3 cm³/mol. The van der Waals surface area contributed by atoms with Gasteiger partial charge in [0.15, 0.2) is 5.82 Å². The summed E-state index contributed by atoms with van der Waals surface area (Å²) in [6, 6.07) is 6.43. The largest absolute Gasteiger partial charge is 0.427 e. The normalized spacial score (nSPS) is 10.3. The van der Waals surface area contributed by atoms with Gasteiger partial charge in [0.25, 0.3) is 5.56 Å². The van der Waals surface area contributed by atoms with E-state index >= 15 is 0 Å². The summed E-state index contributed by atoms with van der Waals surface area (Å²) in [6.07, 6.45) is 1.43. The van der Waals surface area contributed by atoms with Crippen molar-refractivity contribution in [1.29, 1.82) is 0 Å². The molecule has 2 heterocycles. The minimum absolute atomic E-state index is 0.282. The van der Waals surface area contributed by atoms with Gasteiger partial charge >= 0.3 is 0 Å². The second kappa shape index (κ2) is 2.34. The number of nitrogens with zero attached hydrogens (tertiary/aromatic N) is 2. The van der Waals surface area contributed by atoms with Gasteiger partial charge in [0.05, 0.1) is 0 Å². The molecule has 12 heavy (non-hydrogen) atoms. The Morgan fingerprint density at radius 1 is 1.33 bits per heavy atom. The fourth-order valence-corrected chi connectivity index (χ4v) is 1.05. The lowest BCUT2D eigenvalue weighted by atomic mass is 10.2. The van der Waals surface area contributed by atoms with Crippen LogP contribution in [0.3, 0.4) is 0 Å². The molecule has 2 aliphatic heterocycles. The van der Waals surface area contributed by atoms with Crippen LogP contribution in [0.5, 0.6) is 0 Å². The second-order valence-electron chi connectivity index (χ2n) is 2.42. The average molecular weight is 162 g/mol. The van der Waals surface area contributed by atoms with Gasteiger partial charge in [-0.3, -0.25) is 4.79 Å². The van der Waals surface area contributed by atoms with E-state index in [9.17, 15) is 10.0 Å². The first-order chi connectivity index (χ1) is 5.77. The van der Waals surface area contributed by atoms with E-state index < -0.39 is 0 Å². The smallest absolute Gasteiger partial charge is 0.271 e. The van der Waals surface area contributed by atoms with Crippen LogP contribution in [-0.4, -0.2) is 14.9 Å². The standard InChI is InChI=1S/C8H6N2O2/c11-7-4-3-6-2-1-5-10(12)8(6)9-7/h1-5,12H. The molecule has 0 radical (unpaired) electrons. The summed E-state index contributed by atoms with van der Waals surface area (Å²) in [5.41, 5.74) is 0.385. The van der Waals surface area contributed by atoms with Crippen molar-refractivity contribution in [2.75, 3.05) is 0 Å². The van der Waals surface area contributed by atoms with Gasteiger partial charge in [-0.05, 0) is 18.2 Å². The molecule has 4 heteroatoms. The fourth-order valence-electron chi connectivity index (χ4n) is 1.05. The Morgan fingerprint density at radius 3 is 3.00 bits per heavy atom. The molecule has 1 N–H and O–H groups in total. The molecule has 0 unspecified atom stereocenters. The highest BCUT2D eigenvalue weighted by Crippen LogP contribution is 2.13. The average Bonchev–Trinajstić information content (AvgIpc) is 2.07. The van der Waals surface area contributed by atoms with E-state index in [2.05, 4.69) is 4.98 Å². The molecule has 60 valence electrons. The van der Waals surface area contributed by atoms with Gasteiger partial charge in [-0.15, -0.1) is 0 Å². The third kappa shape index (κ3) is 0.934. The first kappa shape index (κ1) is 6.84. The summed E-state index contributed by atoms with van der Waals surface area (Å²) in [5, 5.41) is 9.21. The van der Waals surface area contributed by atoms with E-state index in [1.54, 1.807) is 18.2 Å².